The molecule has 2 N–H and O–H groups in total. The fourth-order valence-corrected chi connectivity index (χ4v) is 3.50. The Bertz CT molecular complexity index is 277. The lowest BCUT2D eigenvalue weighted by Gasteiger charge is -2.33. The first kappa shape index (κ1) is 16.5. The maximum Gasteiger partial charge on any atom is 0.309 e. The van der Waals surface area contributed by atoms with Crippen LogP contribution in [0.1, 0.15) is 78.1 Å². The summed E-state index contributed by atoms with van der Waals surface area (Å²) in [6, 6.07) is 0. The molecule has 0 aromatic rings. The molecule has 0 aliphatic heterocycles. The second-order valence-corrected chi connectivity index (χ2v) is 6.22. The Labute approximate surface area is 117 Å². The molecular formula is C16H30O3. The van der Waals surface area contributed by atoms with Crippen LogP contribution in [0, 0.1) is 11.8 Å². The molecule has 0 bridgehead atoms. The summed E-state index contributed by atoms with van der Waals surface area (Å²) in [6.07, 6.45) is 9.31. The van der Waals surface area contributed by atoms with Crippen LogP contribution in [0.25, 0.3) is 0 Å². The lowest BCUT2D eigenvalue weighted by atomic mass is 9.78. The van der Waals surface area contributed by atoms with E-state index in [1.54, 1.807) is 0 Å². The SMILES string of the molecule is CCCCC(C(=O)O)C1(O)CCCC(CCC)CC1. The van der Waals surface area contributed by atoms with Crippen LogP contribution in [0.4, 0.5) is 0 Å². The Morgan fingerprint density at radius 3 is 2.58 bits per heavy atom. The van der Waals surface area contributed by atoms with Crippen molar-refractivity contribution in [3.05, 3.63) is 0 Å². The number of aliphatic carboxylic acids is 1. The van der Waals surface area contributed by atoms with Gasteiger partial charge >= 0.3 is 5.97 Å². The van der Waals surface area contributed by atoms with Crippen LogP contribution in [0.5, 0.6) is 0 Å². The van der Waals surface area contributed by atoms with Crippen molar-refractivity contribution in [3.8, 4) is 0 Å². The summed E-state index contributed by atoms with van der Waals surface area (Å²) in [5.74, 6) is -0.711. The highest BCUT2D eigenvalue weighted by molar-refractivity contribution is 5.71. The fraction of sp³-hybridized carbons (Fsp3) is 0.938. The second-order valence-electron chi connectivity index (χ2n) is 6.22. The molecule has 0 saturated heterocycles. The third kappa shape index (κ3) is 4.79. The molecule has 0 amide bonds. The molecule has 3 atom stereocenters. The van der Waals surface area contributed by atoms with Gasteiger partial charge in [0.15, 0.2) is 0 Å². The van der Waals surface area contributed by atoms with E-state index in [2.05, 4.69) is 13.8 Å². The topological polar surface area (TPSA) is 57.5 Å². The first-order chi connectivity index (χ1) is 9.03. The number of carbonyl (C=O) groups is 1. The van der Waals surface area contributed by atoms with Gasteiger partial charge < -0.3 is 10.2 Å². The van der Waals surface area contributed by atoms with Crippen LogP contribution in [-0.2, 0) is 4.79 Å². The molecule has 1 saturated carbocycles. The zero-order valence-electron chi connectivity index (χ0n) is 12.5. The van der Waals surface area contributed by atoms with Crippen LogP contribution in [0.15, 0.2) is 0 Å². The summed E-state index contributed by atoms with van der Waals surface area (Å²) in [4.78, 5) is 11.5. The average Bonchev–Trinajstić information content (AvgIpc) is 2.53. The first-order valence-electron chi connectivity index (χ1n) is 7.98. The molecule has 1 fully saturated rings. The Morgan fingerprint density at radius 2 is 2.00 bits per heavy atom. The van der Waals surface area contributed by atoms with Crippen LogP contribution in [0.3, 0.4) is 0 Å². The zero-order chi connectivity index (χ0) is 14.3. The fourth-order valence-electron chi connectivity index (χ4n) is 3.50. The number of aliphatic hydroxyl groups is 1. The van der Waals surface area contributed by atoms with Gasteiger partial charge in [-0.15, -0.1) is 0 Å². The Balaban J connectivity index is 2.68. The molecular weight excluding hydrogens is 240 g/mol. The minimum Gasteiger partial charge on any atom is -0.481 e. The molecule has 0 heterocycles. The van der Waals surface area contributed by atoms with Gasteiger partial charge in [0.2, 0.25) is 0 Å². The van der Waals surface area contributed by atoms with Crippen molar-refractivity contribution in [2.75, 3.05) is 0 Å². The molecule has 1 rings (SSSR count). The maximum absolute atomic E-state index is 11.5. The molecule has 3 unspecified atom stereocenters. The third-order valence-electron chi connectivity index (χ3n) is 4.70. The largest absolute Gasteiger partial charge is 0.481 e. The minimum atomic E-state index is -0.969. The number of carboxylic acid groups (broad SMARTS) is 1. The van der Waals surface area contributed by atoms with Crippen molar-refractivity contribution in [2.45, 2.75) is 83.7 Å². The summed E-state index contributed by atoms with van der Waals surface area (Å²) < 4.78 is 0. The van der Waals surface area contributed by atoms with E-state index in [1.807, 2.05) is 0 Å². The molecule has 1 aliphatic carbocycles. The molecule has 3 heteroatoms. The number of rotatable bonds is 7. The van der Waals surface area contributed by atoms with E-state index in [0.717, 1.165) is 32.1 Å². The molecule has 112 valence electrons. The van der Waals surface area contributed by atoms with E-state index in [-0.39, 0.29) is 0 Å². The van der Waals surface area contributed by atoms with Gasteiger partial charge in [-0.05, 0) is 31.6 Å². The quantitative estimate of drug-likeness (QED) is 0.688. The van der Waals surface area contributed by atoms with Crippen molar-refractivity contribution in [3.63, 3.8) is 0 Å². The van der Waals surface area contributed by atoms with Crippen LogP contribution >= 0.6 is 0 Å². The monoisotopic (exact) mass is 270 g/mol. The number of carboxylic acids is 1. The van der Waals surface area contributed by atoms with Crippen LogP contribution in [0.2, 0.25) is 0 Å². The van der Waals surface area contributed by atoms with Crippen molar-refractivity contribution < 1.29 is 15.0 Å². The summed E-state index contributed by atoms with van der Waals surface area (Å²) in [6.45, 7) is 4.26. The molecule has 0 radical (unpaired) electrons. The van der Waals surface area contributed by atoms with Crippen LogP contribution in [-0.4, -0.2) is 21.8 Å². The van der Waals surface area contributed by atoms with Crippen molar-refractivity contribution >= 4 is 5.97 Å². The Morgan fingerprint density at radius 1 is 1.26 bits per heavy atom. The van der Waals surface area contributed by atoms with Gasteiger partial charge in [0.1, 0.15) is 0 Å². The molecule has 0 aromatic carbocycles. The molecule has 3 nitrogen and oxygen atoms in total. The van der Waals surface area contributed by atoms with Crippen molar-refractivity contribution in [2.24, 2.45) is 11.8 Å². The maximum atomic E-state index is 11.5. The van der Waals surface area contributed by atoms with Gasteiger partial charge in [0.25, 0.3) is 0 Å². The second kappa shape index (κ2) is 7.88. The summed E-state index contributed by atoms with van der Waals surface area (Å²) in [5, 5.41) is 20.2. The highest BCUT2D eigenvalue weighted by Crippen LogP contribution is 2.39. The van der Waals surface area contributed by atoms with E-state index in [1.165, 1.54) is 12.8 Å². The predicted molar refractivity (Wildman–Crippen MR) is 77.1 cm³/mol. The number of unbranched alkanes of at least 4 members (excludes halogenated alkanes) is 1. The van der Waals surface area contributed by atoms with Crippen molar-refractivity contribution in [1.29, 1.82) is 0 Å². The molecule has 1 aliphatic rings. The van der Waals surface area contributed by atoms with Crippen LogP contribution < -0.4 is 0 Å². The van der Waals surface area contributed by atoms with Gasteiger partial charge in [-0.1, -0.05) is 52.4 Å². The minimum absolute atomic E-state index is 0.576. The predicted octanol–water partition coefficient (Wildman–Crippen LogP) is 3.99. The normalized spacial score (nSPS) is 29.7. The van der Waals surface area contributed by atoms with E-state index in [0.29, 0.717) is 25.2 Å². The van der Waals surface area contributed by atoms with Gasteiger partial charge in [0.05, 0.1) is 11.5 Å². The Hall–Kier alpha value is -0.570. The summed E-state index contributed by atoms with van der Waals surface area (Å²) >= 11 is 0. The lowest BCUT2D eigenvalue weighted by molar-refractivity contribution is -0.154. The summed E-state index contributed by atoms with van der Waals surface area (Å²) in [7, 11) is 0. The van der Waals surface area contributed by atoms with Gasteiger partial charge in [-0.3, -0.25) is 4.79 Å². The zero-order valence-corrected chi connectivity index (χ0v) is 12.5. The third-order valence-corrected chi connectivity index (χ3v) is 4.70. The standard InChI is InChI=1S/C16H30O3/c1-3-5-9-14(15(17)18)16(19)11-6-8-13(7-4-2)10-12-16/h13-14,19H,3-12H2,1-2H3,(H,17,18). The van der Waals surface area contributed by atoms with E-state index in [4.69, 9.17) is 0 Å². The number of hydrogen-bond acceptors (Lipinski definition) is 2. The van der Waals surface area contributed by atoms with Crippen molar-refractivity contribution in [1.82, 2.24) is 0 Å². The summed E-state index contributed by atoms with van der Waals surface area (Å²) in [5.41, 5.74) is -0.969. The molecule has 19 heavy (non-hydrogen) atoms. The smallest absolute Gasteiger partial charge is 0.309 e. The number of hydrogen-bond donors (Lipinski definition) is 2. The molecule has 0 aromatic heterocycles. The molecule has 0 spiro atoms. The first-order valence-corrected chi connectivity index (χ1v) is 7.98. The lowest BCUT2D eigenvalue weighted by Crippen LogP contribution is -2.42. The highest BCUT2D eigenvalue weighted by Gasteiger charge is 2.41. The van der Waals surface area contributed by atoms with Gasteiger partial charge in [-0.25, -0.2) is 0 Å². The highest BCUT2D eigenvalue weighted by atomic mass is 16.4. The van der Waals surface area contributed by atoms with Gasteiger partial charge in [0, 0.05) is 0 Å². The Kier molecular flexibility index (Phi) is 6.84. The van der Waals surface area contributed by atoms with E-state index >= 15 is 0 Å². The average molecular weight is 270 g/mol. The van der Waals surface area contributed by atoms with E-state index < -0.39 is 17.5 Å². The van der Waals surface area contributed by atoms with E-state index in [9.17, 15) is 15.0 Å². The van der Waals surface area contributed by atoms with Gasteiger partial charge in [-0.2, -0.15) is 0 Å².